The Morgan fingerprint density at radius 2 is 2.06 bits per heavy atom. The maximum absolute atomic E-state index is 10.4. The predicted octanol–water partition coefficient (Wildman–Crippen LogP) is 2.49. The molecule has 0 bridgehead atoms. The first-order chi connectivity index (χ1) is 7.61. The van der Waals surface area contributed by atoms with E-state index in [9.17, 15) is 4.79 Å². The van der Waals surface area contributed by atoms with Crippen LogP contribution in [0, 0.1) is 0 Å². The molecule has 0 aliphatic rings. The minimum atomic E-state index is -0.962. The first-order valence-corrected chi connectivity index (χ1v) is 5.03. The van der Waals surface area contributed by atoms with Crippen LogP contribution in [0.3, 0.4) is 0 Å². The minimum absolute atomic E-state index is 0.580. The van der Waals surface area contributed by atoms with Crippen LogP contribution in [0.2, 0.25) is 0 Å². The smallest absolute Gasteiger partial charge is 0.330 e. The van der Waals surface area contributed by atoms with E-state index >= 15 is 0 Å². The van der Waals surface area contributed by atoms with Gasteiger partial charge in [-0.1, -0.05) is 0 Å². The van der Waals surface area contributed by atoms with Gasteiger partial charge in [0.15, 0.2) is 0 Å². The third-order valence-electron chi connectivity index (χ3n) is 1.85. The Labute approximate surface area is 94.6 Å². The van der Waals surface area contributed by atoms with E-state index in [0.29, 0.717) is 12.3 Å². The molecule has 1 aromatic rings. The fraction of sp³-hybridized carbons (Fsp3) is 0.250. The summed E-state index contributed by atoms with van der Waals surface area (Å²) in [5, 5.41) is 11.5. The van der Waals surface area contributed by atoms with Gasteiger partial charge in [0.1, 0.15) is 5.75 Å². The highest BCUT2D eigenvalue weighted by Gasteiger charge is 1.97. The molecule has 0 aromatic heterocycles. The van der Waals surface area contributed by atoms with Gasteiger partial charge in [-0.25, -0.2) is 4.79 Å². The Morgan fingerprint density at radius 1 is 1.44 bits per heavy atom. The number of hydrogen-bond donors (Lipinski definition) is 2. The van der Waals surface area contributed by atoms with Gasteiger partial charge < -0.3 is 15.2 Å². The highest BCUT2D eigenvalue weighted by molar-refractivity contribution is 5.81. The van der Waals surface area contributed by atoms with Crippen LogP contribution in [-0.4, -0.2) is 17.7 Å². The molecule has 2 N–H and O–H groups in total. The summed E-state index contributed by atoms with van der Waals surface area (Å²) in [4.78, 5) is 10.4. The Hall–Kier alpha value is -1.97. The standard InChI is InChI=1S/C12H15NO3/c1-3-16-11-6-4-10(5-7-11)13-9(2)8-12(14)15/h4-8,13H,3H2,1-2H3,(H,14,15)/b9-8+. The normalized spacial score (nSPS) is 11.0. The summed E-state index contributed by atoms with van der Waals surface area (Å²) in [6, 6.07) is 7.34. The van der Waals surface area contributed by atoms with Crippen molar-refractivity contribution in [2.75, 3.05) is 11.9 Å². The molecule has 16 heavy (non-hydrogen) atoms. The molecule has 0 unspecified atom stereocenters. The molecule has 1 rings (SSSR count). The van der Waals surface area contributed by atoms with Crippen LogP contribution in [0.5, 0.6) is 5.75 Å². The molecule has 0 saturated carbocycles. The Bertz CT molecular complexity index is 382. The van der Waals surface area contributed by atoms with Gasteiger partial charge in [0.2, 0.25) is 0 Å². The molecule has 0 atom stereocenters. The number of aliphatic carboxylic acids is 1. The zero-order valence-corrected chi connectivity index (χ0v) is 9.36. The summed E-state index contributed by atoms with van der Waals surface area (Å²) in [5.41, 5.74) is 1.41. The molecular formula is C12H15NO3. The SMILES string of the molecule is CCOc1ccc(N/C(C)=C/C(=O)O)cc1. The molecule has 0 spiro atoms. The van der Waals surface area contributed by atoms with E-state index in [1.807, 2.05) is 31.2 Å². The number of carboxylic acid groups (broad SMARTS) is 1. The second kappa shape index (κ2) is 5.80. The Balaban J connectivity index is 2.65. The van der Waals surface area contributed by atoms with Crippen molar-refractivity contribution in [2.24, 2.45) is 0 Å². The molecule has 0 aliphatic carbocycles. The van der Waals surface area contributed by atoms with Gasteiger partial charge in [0.05, 0.1) is 6.61 Å². The van der Waals surface area contributed by atoms with Gasteiger partial charge in [-0.05, 0) is 38.1 Å². The van der Waals surface area contributed by atoms with Crippen LogP contribution in [0.15, 0.2) is 36.0 Å². The van der Waals surface area contributed by atoms with Gasteiger partial charge in [0.25, 0.3) is 0 Å². The fourth-order valence-corrected chi connectivity index (χ4v) is 1.25. The first-order valence-electron chi connectivity index (χ1n) is 5.03. The summed E-state index contributed by atoms with van der Waals surface area (Å²) >= 11 is 0. The molecule has 0 aliphatic heterocycles. The molecule has 4 nitrogen and oxygen atoms in total. The maximum atomic E-state index is 10.4. The van der Waals surface area contributed by atoms with E-state index in [1.54, 1.807) is 6.92 Å². The average molecular weight is 221 g/mol. The highest BCUT2D eigenvalue weighted by Crippen LogP contribution is 2.16. The largest absolute Gasteiger partial charge is 0.494 e. The van der Waals surface area contributed by atoms with Crippen molar-refractivity contribution in [1.82, 2.24) is 0 Å². The lowest BCUT2D eigenvalue weighted by atomic mass is 10.3. The van der Waals surface area contributed by atoms with Crippen molar-refractivity contribution < 1.29 is 14.6 Å². The van der Waals surface area contributed by atoms with E-state index in [1.165, 1.54) is 0 Å². The van der Waals surface area contributed by atoms with E-state index in [4.69, 9.17) is 9.84 Å². The molecule has 1 aromatic carbocycles. The van der Waals surface area contributed by atoms with Crippen molar-refractivity contribution in [3.8, 4) is 5.75 Å². The number of carboxylic acids is 1. The summed E-state index contributed by atoms with van der Waals surface area (Å²) in [5.74, 6) is -0.163. The van der Waals surface area contributed by atoms with Crippen molar-refractivity contribution in [3.05, 3.63) is 36.0 Å². The number of carbonyl (C=O) groups is 1. The Kier molecular flexibility index (Phi) is 4.39. The third-order valence-corrected chi connectivity index (χ3v) is 1.85. The topological polar surface area (TPSA) is 58.6 Å². The van der Waals surface area contributed by atoms with Gasteiger partial charge in [-0.3, -0.25) is 0 Å². The van der Waals surface area contributed by atoms with Crippen LogP contribution in [0.25, 0.3) is 0 Å². The second-order valence-corrected chi connectivity index (χ2v) is 3.25. The number of ether oxygens (including phenoxy) is 1. The van der Waals surface area contributed by atoms with Crippen molar-refractivity contribution in [3.63, 3.8) is 0 Å². The molecular weight excluding hydrogens is 206 g/mol. The average Bonchev–Trinajstić information content (AvgIpc) is 2.20. The number of rotatable bonds is 5. The lowest BCUT2D eigenvalue weighted by Crippen LogP contribution is -1.99. The molecule has 0 radical (unpaired) electrons. The van der Waals surface area contributed by atoms with Crippen molar-refractivity contribution in [2.45, 2.75) is 13.8 Å². The Morgan fingerprint density at radius 3 is 2.56 bits per heavy atom. The monoisotopic (exact) mass is 221 g/mol. The number of benzene rings is 1. The van der Waals surface area contributed by atoms with Crippen molar-refractivity contribution >= 4 is 11.7 Å². The summed E-state index contributed by atoms with van der Waals surface area (Å²) in [7, 11) is 0. The van der Waals surface area contributed by atoms with Gasteiger partial charge in [-0.15, -0.1) is 0 Å². The fourth-order valence-electron chi connectivity index (χ4n) is 1.25. The first kappa shape index (κ1) is 12.1. The van der Waals surface area contributed by atoms with Crippen molar-refractivity contribution in [1.29, 1.82) is 0 Å². The van der Waals surface area contributed by atoms with Crippen LogP contribution >= 0.6 is 0 Å². The second-order valence-electron chi connectivity index (χ2n) is 3.25. The summed E-state index contributed by atoms with van der Waals surface area (Å²) < 4.78 is 5.29. The maximum Gasteiger partial charge on any atom is 0.330 e. The van der Waals surface area contributed by atoms with Crippen LogP contribution < -0.4 is 10.1 Å². The molecule has 0 amide bonds. The number of nitrogens with one attached hydrogen (secondary N) is 1. The highest BCUT2D eigenvalue weighted by atomic mass is 16.5. The molecule has 86 valence electrons. The number of allylic oxidation sites excluding steroid dienone is 1. The van der Waals surface area contributed by atoms with E-state index in [-0.39, 0.29) is 0 Å². The number of anilines is 1. The van der Waals surface area contributed by atoms with E-state index in [0.717, 1.165) is 17.5 Å². The number of hydrogen-bond acceptors (Lipinski definition) is 3. The molecule has 4 heteroatoms. The van der Waals surface area contributed by atoms with E-state index in [2.05, 4.69) is 5.32 Å². The molecule has 0 saturated heterocycles. The zero-order chi connectivity index (χ0) is 12.0. The summed E-state index contributed by atoms with van der Waals surface area (Å²) in [6.45, 7) is 4.25. The minimum Gasteiger partial charge on any atom is -0.494 e. The van der Waals surface area contributed by atoms with Gasteiger partial charge in [-0.2, -0.15) is 0 Å². The van der Waals surface area contributed by atoms with Gasteiger partial charge >= 0.3 is 5.97 Å². The quantitative estimate of drug-likeness (QED) is 0.750. The zero-order valence-electron chi connectivity index (χ0n) is 9.36. The lowest BCUT2D eigenvalue weighted by molar-refractivity contribution is -0.131. The molecule has 0 fully saturated rings. The van der Waals surface area contributed by atoms with Crippen LogP contribution in [-0.2, 0) is 4.79 Å². The molecule has 0 heterocycles. The van der Waals surface area contributed by atoms with Gasteiger partial charge in [0, 0.05) is 17.5 Å². The van der Waals surface area contributed by atoms with E-state index < -0.39 is 5.97 Å². The van der Waals surface area contributed by atoms with Crippen LogP contribution in [0.4, 0.5) is 5.69 Å². The third kappa shape index (κ3) is 4.04. The lowest BCUT2D eigenvalue weighted by Gasteiger charge is -2.07. The van der Waals surface area contributed by atoms with Crippen LogP contribution in [0.1, 0.15) is 13.8 Å². The summed E-state index contributed by atoms with van der Waals surface area (Å²) in [6.07, 6.45) is 1.12. The predicted molar refractivity (Wildman–Crippen MR) is 62.6 cm³/mol.